The Morgan fingerprint density at radius 2 is 1.21 bits per heavy atom. The van der Waals surface area contributed by atoms with E-state index in [1.165, 1.54) is 11.8 Å². The van der Waals surface area contributed by atoms with Gasteiger partial charge in [0.1, 0.15) is 11.6 Å². The summed E-state index contributed by atoms with van der Waals surface area (Å²) in [5, 5.41) is 5.61. The highest BCUT2D eigenvalue weighted by Gasteiger charge is 2.08. The number of para-hydroxylation sites is 4. The van der Waals surface area contributed by atoms with E-state index in [1.54, 1.807) is 0 Å². The zero-order valence-corrected chi connectivity index (χ0v) is 16.4. The molecule has 2 aromatic carbocycles. The molecule has 0 saturated heterocycles. The summed E-state index contributed by atoms with van der Waals surface area (Å²) in [7, 11) is 0. The Morgan fingerprint density at radius 1 is 0.759 bits per heavy atom. The summed E-state index contributed by atoms with van der Waals surface area (Å²) in [5.74, 6) is 1.54. The molecule has 9 heteroatoms. The van der Waals surface area contributed by atoms with Crippen LogP contribution in [0.4, 0.5) is 0 Å². The van der Waals surface area contributed by atoms with Crippen LogP contribution >= 0.6 is 11.8 Å². The molecule has 0 aliphatic heterocycles. The van der Waals surface area contributed by atoms with Crippen molar-refractivity contribution in [2.24, 2.45) is 0 Å². The van der Waals surface area contributed by atoms with Gasteiger partial charge in [-0.3, -0.25) is 9.59 Å². The summed E-state index contributed by atoms with van der Waals surface area (Å²) < 4.78 is 0. The highest BCUT2D eigenvalue weighted by Crippen LogP contribution is 2.11. The first-order valence-corrected chi connectivity index (χ1v) is 10.3. The standard InChI is InChI=1S/C20H20N6O2S/c27-19(21-9-17-23-13-5-1-2-6-14(13)24-17)11-29-12-20(28)22-10-18-25-15-7-3-4-8-16(15)26-18/h1-8H,9-12H2,(H,21,27)(H,22,28)(H,23,24)(H,25,26). The number of benzene rings is 2. The van der Waals surface area contributed by atoms with Crippen molar-refractivity contribution in [2.75, 3.05) is 11.5 Å². The van der Waals surface area contributed by atoms with Crippen LogP contribution in [0.1, 0.15) is 11.6 Å². The van der Waals surface area contributed by atoms with Crippen LogP contribution in [0.25, 0.3) is 22.1 Å². The fourth-order valence-corrected chi connectivity index (χ4v) is 3.56. The number of amides is 2. The molecular weight excluding hydrogens is 388 g/mol. The maximum absolute atomic E-state index is 12.0. The number of fused-ring (bicyclic) bond motifs is 2. The predicted molar refractivity (Wildman–Crippen MR) is 113 cm³/mol. The van der Waals surface area contributed by atoms with Crippen molar-refractivity contribution in [2.45, 2.75) is 13.1 Å². The average molecular weight is 408 g/mol. The van der Waals surface area contributed by atoms with E-state index in [0.717, 1.165) is 22.1 Å². The molecule has 0 spiro atoms. The second-order valence-corrected chi connectivity index (χ2v) is 7.43. The molecule has 0 fully saturated rings. The second kappa shape index (κ2) is 8.78. The van der Waals surface area contributed by atoms with Gasteiger partial charge in [-0.15, -0.1) is 11.8 Å². The topological polar surface area (TPSA) is 116 Å². The molecule has 4 N–H and O–H groups in total. The summed E-state index contributed by atoms with van der Waals surface area (Å²) in [6, 6.07) is 15.4. The van der Waals surface area contributed by atoms with E-state index in [-0.39, 0.29) is 23.3 Å². The number of H-pyrrole nitrogens is 2. The lowest BCUT2D eigenvalue weighted by Gasteiger charge is -2.04. The third-order valence-corrected chi connectivity index (χ3v) is 5.18. The number of hydrogen-bond acceptors (Lipinski definition) is 5. The zero-order chi connectivity index (χ0) is 20.1. The average Bonchev–Trinajstić information content (AvgIpc) is 3.34. The molecule has 4 rings (SSSR count). The lowest BCUT2D eigenvalue weighted by molar-refractivity contribution is -0.119. The highest BCUT2D eigenvalue weighted by atomic mass is 32.2. The minimum absolute atomic E-state index is 0.138. The zero-order valence-electron chi connectivity index (χ0n) is 15.6. The molecule has 29 heavy (non-hydrogen) atoms. The number of nitrogens with zero attached hydrogens (tertiary/aromatic N) is 2. The summed E-state index contributed by atoms with van der Waals surface area (Å²) in [4.78, 5) is 39.1. The van der Waals surface area contributed by atoms with Gasteiger partial charge in [0.05, 0.1) is 46.7 Å². The lowest BCUT2D eigenvalue weighted by Crippen LogP contribution is -2.28. The van der Waals surface area contributed by atoms with Gasteiger partial charge in [-0.2, -0.15) is 0 Å². The molecule has 2 aromatic heterocycles. The third kappa shape index (κ3) is 4.94. The summed E-state index contributed by atoms with van der Waals surface area (Å²) in [6.07, 6.45) is 0. The monoisotopic (exact) mass is 408 g/mol. The molecular formula is C20H20N6O2S. The van der Waals surface area contributed by atoms with E-state index in [4.69, 9.17) is 0 Å². The molecule has 2 heterocycles. The van der Waals surface area contributed by atoms with Crippen molar-refractivity contribution in [1.29, 1.82) is 0 Å². The van der Waals surface area contributed by atoms with Crippen LogP contribution in [0.3, 0.4) is 0 Å². The van der Waals surface area contributed by atoms with Gasteiger partial charge >= 0.3 is 0 Å². The maximum atomic E-state index is 12.0. The van der Waals surface area contributed by atoms with Crippen molar-refractivity contribution < 1.29 is 9.59 Å². The van der Waals surface area contributed by atoms with E-state index in [1.807, 2.05) is 48.5 Å². The fraction of sp³-hybridized carbons (Fsp3) is 0.200. The molecule has 0 unspecified atom stereocenters. The van der Waals surface area contributed by atoms with Gasteiger partial charge in [0.15, 0.2) is 0 Å². The Morgan fingerprint density at radius 3 is 1.66 bits per heavy atom. The Bertz CT molecular complexity index is 996. The second-order valence-electron chi connectivity index (χ2n) is 6.45. The fourth-order valence-electron chi connectivity index (χ4n) is 2.88. The number of imidazole rings is 2. The SMILES string of the molecule is O=C(CSCC(=O)NCc1nc2ccccc2[nH]1)NCc1nc2ccccc2[nH]1. The number of carbonyl (C=O) groups is 2. The van der Waals surface area contributed by atoms with E-state index in [9.17, 15) is 9.59 Å². The Balaban J connectivity index is 1.15. The van der Waals surface area contributed by atoms with E-state index < -0.39 is 0 Å². The quantitative estimate of drug-likeness (QED) is 0.356. The van der Waals surface area contributed by atoms with Crippen LogP contribution in [0.5, 0.6) is 0 Å². The Kier molecular flexibility index (Phi) is 5.76. The first-order chi connectivity index (χ1) is 14.2. The van der Waals surface area contributed by atoms with Crippen LogP contribution in [0.2, 0.25) is 0 Å². The van der Waals surface area contributed by atoms with Crippen LogP contribution in [0.15, 0.2) is 48.5 Å². The highest BCUT2D eigenvalue weighted by molar-refractivity contribution is 8.00. The smallest absolute Gasteiger partial charge is 0.230 e. The van der Waals surface area contributed by atoms with Crippen LogP contribution in [-0.4, -0.2) is 43.3 Å². The largest absolute Gasteiger partial charge is 0.348 e. The first-order valence-electron chi connectivity index (χ1n) is 9.16. The molecule has 0 aliphatic carbocycles. The van der Waals surface area contributed by atoms with Gasteiger partial charge in [-0.25, -0.2) is 9.97 Å². The predicted octanol–water partition coefficient (Wildman–Crippen LogP) is 2.10. The van der Waals surface area contributed by atoms with E-state index in [2.05, 4.69) is 30.6 Å². The maximum Gasteiger partial charge on any atom is 0.230 e. The third-order valence-electron chi connectivity index (χ3n) is 4.25. The normalized spacial score (nSPS) is 11.0. The number of hydrogen-bond donors (Lipinski definition) is 4. The lowest BCUT2D eigenvalue weighted by atomic mass is 10.3. The summed E-state index contributed by atoms with van der Waals surface area (Å²) >= 11 is 1.26. The summed E-state index contributed by atoms with van der Waals surface area (Å²) in [5.41, 5.74) is 3.61. The molecule has 0 radical (unpaired) electrons. The van der Waals surface area contributed by atoms with Gasteiger partial charge < -0.3 is 20.6 Å². The van der Waals surface area contributed by atoms with Gasteiger partial charge in [0.2, 0.25) is 11.8 Å². The minimum atomic E-state index is -0.138. The number of aromatic nitrogens is 4. The van der Waals surface area contributed by atoms with Crippen molar-refractivity contribution in [3.8, 4) is 0 Å². The van der Waals surface area contributed by atoms with Crippen LogP contribution < -0.4 is 10.6 Å². The van der Waals surface area contributed by atoms with Crippen molar-refractivity contribution in [1.82, 2.24) is 30.6 Å². The Labute approximate surface area is 170 Å². The molecule has 148 valence electrons. The number of carbonyl (C=O) groups excluding carboxylic acids is 2. The first kappa shape index (κ1) is 19.0. The Hall–Kier alpha value is -3.33. The van der Waals surface area contributed by atoms with Crippen LogP contribution in [-0.2, 0) is 22.7 Å². The number of aromatic amines is 2. The number of thioether (sulfide) groups is 1. The van der Waals surface area contributed by atoms with Crippen molar-refractivity contribution in [3.63, 3.8) is 0 Å². The van der Waals surface area contributed by atoms with E-state index >= 15 is 0 Å². The summed E-state index contributed by atoms with van der Waals surface area (Å²) in [6.45, 7) is 0.651. The van der Waals surface area contributed by atoms with Gasteiger partial charge in [0, 0.05) is 0 Å². The number of rotatable bonds is 8. The minimum Gasteiger partial charge on any atom is -0.348 e. The molecule has 0 bridgehead atoms. The molecule has 0 saturated carbocycles. The molecule has 8 nitrogen and oxygen atoms in total. The van der Waals surface area contributed by atoms with E-state index in [0.29, 0.717) is 24.7 Å². The molecule has 4 aromatic rings. The molecule has 2 amide bonds. The van der Waals surface area contributed by atoms with Crippen molar-refractivity contribution in [3.05, 3.63) is 60.2 Å². The molecule has 0 atom stereocenters. The van der Waals surface area contributed by atoms with Gasteiger partial charge in [-0.05, 0) is 24.3 Å². The number of nitrogens with one attached hydrogen (secondary N) is 4. The van der Waals surface area contributed by atoms with Gasteiger partial charge in [0.25, 0.3) is 0 Å². The van der Waals surface area contributed by atoms with Crippen molar-refractivity contribution >= 4 is 45.6 Å². The van der Waals surface area contributed by atoms with Gasteiger partial charge in [-0.1, -0.05) is 24.3 Å². The molecule has 0 aliphatic rings. The van der Waals surface area contributed by atoms with Crippen LogP contribution in [0, 0.1) is 0 Å².